The second-order valence-electron chi connectivity index (χ2n) is 7.59. The van der Waals surface area contributed by atoms with Gasteiger partial charge in [-0.3, -0.25) is 19.5 Å². The van der Waals surface area contributed by atoms with Crippen LogP contribution in [-0.4, -0.2) is 58.4 Å². The molecular formula is C23H28N6O2. The largest absolute Gasteiger partial charge is 0.367 e. The molecule has 0 saturated carbocycles. The van der Waals surface area contributed by atoms with E-state index in [1.807, 2.05) is 24.1 Å². The first kappa shape index (κ1) is 15.5. The summed E-state index contributed by atoms with van der Waals surface area (Å²) in [7, 11) is 0. The Balaban J connectivity index is 1.48. The zero-order valence-electron chi connectivity index (χ0n) is 22.5. The van der Waals surface area contributed by atoms with Crippen molar-refractivity contribution in [1.82, 2.24) is 25.2 Å². The lowest BCUT2D eigenvalue weighted by Gasteiger charge is -2.41. The fourth-order valence-electron chi connectivity index (χ4n) is 3.74. The van der Waals surface area contributed by atoms with Crippen LogP contribution in [0.2, 0.25) is 0 Å². The number of nitrogens with zero attached hydrogens (tertiary/aromatic N) is 4. The molecule has 4 heterocycles. The van der Waals surface area contributed by atoms with Gasteiger partial charge >= 0.3 is 0 Å². The lowest BCUT2D eigenvalue weighted by molar-refractivity contribution is 0.0958. The number of pyridine rings is 3. The molecule has 4 rings (SSSR count). The Morgan fingerprint density at radius 1 is 1.32 bits per heavy atom. The highest BCUT2D eigenvalue weighted by Crippen LogP contribution is 2.21. The summed E-state index contributed by atoms with van der Waals surface area (Å²) in [5, 5.41) is 1.91. The molecule has 0 spiro atoms. The van der Waals surface area contributed by atoms with Gasteiger partial charge in [-0.15, -0.1) is 0 Å². The van der Waals surface area contributed by atoms with Crippen LogP contribution in [0.3, 0.4) is 0 Å². The molecule has 2 N–H and O–H groups in total. The number of hydrogen-bond donors (Lipinski definition) is 2. The Morgan fingerprint density at radius 3 is 2.90 bits per heavy atom. The van der Waals surface area contributed by atoms with Crippen LogP contribution in [0.15, 0.2) is 41.5 Å². The van der Waals surface area contributed by atoms with Crippen molar-refractivity contribution in [2.24, 2.45) is 0 Å². The molecule has 1 aliphatic heterocycles. The quantitative estimate of drug-likeness (QED) is 0.649. The molecule has 3 aromatic rings. The molecule has 0 aromatic carbocycles. The standard InChI is InChI=1S/C23H28N6O2/c1-4-17-10-20-21(27-22(17)30)9-16(11-25-20)14-28-7-8-29(13-15(28)2)18-5-6-19(26-12-18)23(31)24-3/h5-6,9-12,15H,4,7-8,13-14H2,1-3H3,(H,24,31)(H,27,30)/t15-/m0/s1/i3D3,14D2. The topological polar surface area (TPSA) is 94.2 Å². The predicted octanol–water partition coefficient (Wildman–Crippen LogP) is 1.95. The number of aromatic amines is 1. The minimum absolute atomic E-state index is 0.00537. The van der Waals surface area contributed by atoms with Gasteiger partial charge in [0.25, 0.3) is 11.5 Å². The van der Waals surface area contributed by atoms with Crippen molar-refractivity contribution in [3.63, 3.8) is 0 Å². The fourth-order valence-corrected chi connectivity index (χ4v) is 3.74. The number of piperazine rings is 1. The summed E-state index contributed by atoms with van der Waals surface area (Å²) >= 11 is 0. The molecule has 0 bridgehead atoms. The minimum Gasteiger partial charge on any atom is -0.367 e. The highest BCUT2D eigenvalue weighted by atomic mass is 16.1. The smallest absolute Gasteiger partial charge is 0.269 e. The Hall–Kier alpha value is -3.26. The summed E-state index contributed by atoms with van der Waals surface area (Å²) in [6.07, 6.45) is 3.62. The van der Waals surface area contributed by atoms with Crippen molar-refractivity contribution in [3.8, 4) is 0 Å². The highest BCUT2D eigenvalue weighted by molar-refractivity contribution is 5.92. The Labute approximate surface area is 188 Å². The van der Waals surface area contributed by atoms with Gasteiger partial charge in [0.1, 0.15) is 5.69 Å². The van der Waals surface area contributed by atoms with Crippen molar-refractivity contribution in [3.05, 3.63) is 63.8 Å². The van der Waals surface area contributed by atoms with E-state index in [1.165, 1.54) is 18.5 Å². The predicted molar refractivity (Wildman–Crippen MR) is 121 cm³/mol. The maximum Gasteiger partial charge on any atom is 0.269 e. The van der Waals surface area contributed by atoms with Crippen LogP contribution in [0.1, 0.15) is 42.3 Å². The van der Waals surface area contributed by atoms with Crippen LogP contribution in [0.25, 0.3) is 11.0 Å². The van der Waals surface area contributed by atoms with Crippen LogP contribution < -0.4 is 15.8 Å². The number of H-pyrrole nitrogens is 1. The number of hydrogen-bond acceptors (Lipinski definition) is 6. The van der Waals surface area contributed by atoms with Gasteiger partial charge in [0.15, 0.2) is 0 Å². The summed E-state index contributed by atoms with van der Waals surface area (Å²) in [5.74, 6) is -0.774. The Bertz CT molecular complexity index is 1330. The van der Waals surface area contributed by atoms with E-state index in [-0.39, 0.29) is 17.3 Å². The van der Waals surface area contributed by atoms with E-state index in [0.29, 0.717) is 48.2 Å². The normalized spacial score (nSPS) is 20.4. The summed E-state index contributed by atoms with van der Waals surface area (Å²) < 4.78 is 39.1. The number of anilines is 1. The molecule has 31 heavy (non-hydrogen) atoms. The van der Waals surface area contributed by atoms with Crippen LogP contribution in [-0.2, 0) is 12.9 Å². The molecule has 1 amide bonds. The van der Waals surface area contributed by atoms with Gasteiger partial charge in [-0.05, 0) is 43.2 Å². The second kappa shape index (κ2) is 8.85. The Kier molecular flexibility index (Phi) is 4.43. The third-order valence-electron chi connectivity index (χ3n) is 5.51. The number of aromatic nitrogens is 3. The summed E-state index contributed by atoms with van der Waals surface area (Å²) in [5.41, 5.74) is 2.68. The van der Waals surface area contributed by atoms with E-state index in [0.717, 1.165) is 5.69 Å². The Morgan fingerprint density at radius 2 is 2.19 bits per heavy atom. The molecule has 0 unspecified atom stereocenters. The zero-order valence-corrected chi connectivity index (χ0v) is 17.5. The molecule has 162 valence electrons. The van der Waals surface area contributed by atoms with Crippen molar-refractivity contribution >= 4 is 22.6 Å². The zero-order chi connectivity index (χ0) is 26.3. The highest BCUT2D eigenvalue weighted by Gasteiger charge is 2.24. The number of aryl methyl sites for hydroxylation is 1. The number of nitrogens with one attached hydrogen (secondary N) is 2. The average molecular weight is 426 g/mol. The molecule has 3 aromatic heterocycles. The molecule has 8 heteroatoms. The molecule has 0 radical (unpaired) electrons. The third-order valence-corrected chi connectivity index (χ3v) is 5.51. The molecule has 1 aliphatic rings. The first-order chi connectivity index (χ1) is 16.9. The van der Waals surface area contributed by atoms with Crippen molar-refractivity contribution in [1.29, 1.82) is 0 Å². The van der Waals surface area contributed by atoms with Gasteiger partial charge in [-0.2, -0.15) is 0 Å². The van der Waals surface area contributed by atoms with Gasteiger partial charge in [0.2, 0.25) is 0 Å². The lowest BCUT2D eigenvalue weighted by Crippen LogP contribution is -2.51. The SMILES string of the molecule is [2H]C([2H])([2H])NC(=O)c1ccc(N2CCN(C([2H])([2H])c3cnc4cc(CC)c(=O)[nH]c4c3)[C@@H](C)C2)cn1. The second-order valence-corrected chi connectivity index (χ2v) is 7.59. The van der Waals surface area contributed by atoms with E-state index < -0.39 is 19.4 Å². The maximum absolute atomic E-state index is 12.2. The number of amides is 1. The van der Waals surface area contributed by atoms with Crippen molar-refractivity contribution < 1.29 is 11.6 Å². The van der Waals surface area contributed by atoms with Gasteiger partial charge in [0, 0.05) is 57.8 Å². The van der Waals surface area contributed by atoms with Crippen molar-refractivity contribution in [2.45, 2.75) is 32.8 Å². The molecule has 8 nitrogen and oxygen atoms in total. The lowest BCUT2D eigenvalue weighted by atomic mass is 10.1. The van der Waals surface area contributed by atoms with Crippen LogP contribution in [0, 0.1) is 0 Å². The van der Waals surface area contributed by atoms with Crippen molar-refractivity contribution in [2.75, 3.05) is 31.5 Å². The first-order valence-electron chi connectivity index (χ1n) is 12.7. The number of rotatable bonds is 5. The molecule has 1 fully saturated rings. The van der Waals surface area contributed by atoms with E-state index in [9.17, 15) is 9.59 Å². The third kappa shape index (κ3) is 4.44. The van der Waals surface area contributed by atoms with Gasteiger partial charge in [0.05, 0.1) is 22.9 Å². The van der Waals surface area contributed by atoms with Gasteiger partial charge in [-0.25, -0.2) is 4.98 Å². The maximum atomic E-state index is 12.2. The summed E-state index contributed by atoms with van der Waals surface area (Å²) in [4.78, 5) is 39.3. The van der Waals surface area contributed by atoms with E-state index in [2.05, 4.69) is 15.0 Å². The summed E-state index contributed by atoms with van der Waals surface area (Å²) in [6.45, 7) is 0.868. The van der Waals surface area contributed by atoms with Gasteiger partial charge < -0.3 is 15.2 Å². The van der Waals surface area contributed by atoms with Crippen LogP contribution >= 0.6 is 0 Å². The molecule has 1 saturated heterocycles. The average Bonchev–Trinajstić information content (AvgIpc) is 2.82. The molecular weight excluding hydrogens is 392 g/mol. The van der Waals surface area contributed by atoms with E-state index in [4.69, 9.17) is 6.85 Å². The van der Waals surface area contributed by atoms with Crippen LogP contribution in [0.4, 0.5) is 5.69 Å². The monoisotopic (exact) mass is 425 g/mol. The molecule has 0 aliphatic carbocycles. The number of carbonyl (C=O) groups excluding carboxylic acids is 1. The van der Waals surface area contributed by atoms with Gasteiger partial charge in [-0.1, -0.05) is 6.92 Å². The fraction of sp³-hybridized carbons (Fsp3) is 0.391. The minimum atomic E-state index is -2.59. The number of fused-ring (bicyclic) bond motifs is 1. The molecule has 1 atom stereocenters. The van der Waals surface area contributed by atoms with E-state index >= 15 is 0 Å². The van der Waals surface area contributed by atoms with Crippen LogP contribution in [0.5, 0.6) is 0 Å². The first-order valence-corrected chi connectivity index (χ1v) is 10.2. The summed E-state index contributed by atoms with van der Waals surface area (Å²) in [6, 6.07) is 6.38. The number of carbonyl (C=O) groups is 1. The van der Waals surface area contributed by atoms with E-state index in [1.54, 1.807) is 23.1 Å².